The highest BCUT2D eigenvalue weighted by molar-refractivity contribution is 7.98. The molecule has 8 heteroatoms. The molecule has 1 N–H and O–H groups in total. The number of nitrogens with one attached hydrogen (secondary N) is 1. The van der Waals surface area contributed by atoms with E-state index in [4.69, 9.17) is 4.52 Å². The molecule has 3 aromatic heterocycles. The Bertz CT molecular complexity index is 927. The number of aromatic nitrogens is 3. The van der Waals surface area contributed by atoms with Crippen molar-refractivity contribution in [3.8, 4) is 0 Å². The number of amides is 1. The zero-order valence-electron chi connectivity index (χ0n) is 14.5. The van der Waals surface area contributed by atoms with Gasteiger partial charge in [0.15, 0.2) is 5.13 Å². The van der Waals surface area contributed by atoms with Gasteiger partial charge in [-0.25, -0.2) is 9.97 Å². The standard InChI is InChI=1S/C18H18N4O2S2/c1-10-14(11(2)24-22-10)8-25-17-13(4-3-7-19-17)16(23)21-18-20-15(9-26-18)12-5-6-12/h3-4,7,9,12H,5-6,8H2,1-2H3,(H,20,21,23). The third-order valence-corrected chi connectivity index (χ3v) is 6.10. The number of carbonyl (C=O) groups excluding carboxylic acids is 1. The summed E-state index contributed by atoms with van der Waals surface area (Å²) in [6.45, 7) is 3.81. The van der Waals surface area contributed by atoms with Crippen molar-refractivity contribution in [1.82, 2.24) is 15.1 Å². The number of carbonyl (C=O) groups is 1. The van der Waals surface area contributed by atoms with E-state index < -0.39 is 0 Å². The van der Waals surface area contributed by atoms with Gasteiger partial charge in [0.25, 0.3) is 5.91 Å². The van der Waals surface area contributed by atoms with Crippen molar-refractivity contribution in [2.45, 2.75) is 43.4 Å². The van der Waals surface area contributed by atoms with Gasteiger partial charge in [-0.05, 0) is 38.8 Å². The molecule has 6 nitrogen and oxygen atoms in total. The van der Waals surface area contributed by atoms with Crippen LogP contribution in [0.2, 0.25) is 0 Å². The van der Waals surface area contributed by atoms with E-state index in [-0.39, 0.29) is 5.91 Å². The molecule has 1 amide bonds. The molecule has 1 aliphatic carbocycles. The fraction of sp³-hybridized carbons (Fsp3) is 0.333. The molecule has 3 aromatic rings. The first-order valence-electron chi connectivity index (χ1n) is 8.38. The highest BCUT2D eigenvalue weighted by Crippen LogP contribution is 2.41. The number of thioether (sulfide) groups is 1. The Kier molecular flexibility index (Phi) is 4.78. The van der Waals surface area contributed by atoms with Gasteiger partial charge in [-0.3, -0.25) is 10.1 Å². The van der Waals surface area contributed by atoms with Crippen LogP contribution in [0.25, 0.3) is 0 Å². The van der Waals surface area contributed by atoms with E-state index in [9.17, 15) is 4.79 Å². The number of pyridine rings is 1. The van der Waals surface area contributed by atoms with Crippen molar-refractivity contribution >= 4 is 34.1 Å². The molecule has 1 saturated carbocycles. The fourth-order valence-corrected chi connectivity index (χ4v) is 4.53. The minimum Gasteiger partial charge on any atom is -0.361 e. The smallest absolute Gasteiger partial charge is 0.260 e. The number of thiazole rings is 1. The van der Waals surface area contributed by atoms with E-state index in [2.05, 4.69) is 20.4 Å². The quantitative estimate of drug-likeness (QED) is 0.625. The highest BCUT2D eigenvalue weighted by Gasteiger charge is 2.26. The third-order valence-electron chi connectivity index (χ3n) is 4.29. The van der Waals surface area contributed by atoms with Crippen LogP contribution in [-0.4, -0.2) is 21.0 Å². The molecular formula is C18H18N4O2S2. The van der Waals surface area contributed by atoms with Gasteiger partial charge in [0, 0.05) is 28.8 Å². The second-order valence-corrected chi connectivity index (χ2v) is 8.08. The number of hydrogen-bond acceptors (Lipinski definition) is 7. The third kappa shape index (κ3) is 3.66. The molecule has 1 fully saturated rings. The van der Waals surface area contributed by atoms with Crippen LogP contribution < -0.4 is 5.32 Å². The Morgan fingerprint density at radius 2 is 2.27 bits per heavy atom. The number of hydrogen-bond donors (Lipinski definition) is 1. The Morgan fingerprint density at radius 1 is 1.42 bits per heavy atom. The summed E-state index contributed by atoms with van der Waals surface area (Å²) in [5.41, 5.74) is 3.55. The van der Waals surface area contributed by atoms with Crippen LogP contribution in [0, 0.1) is 13.8 Å². The molecule has 3 heterocycles. The van der Waals surface area contributed by atoms with Crippen LogP contribution in [0.3, 0.4) is 0 Å². The molecule has 0 unspecified atom stereocenters. The van der Waals surface area contributed by atoms with Crippen molar-refractivity contribution in [2.24, 2.45) is 0 Å². The Labute approximate surface area is 159 Å². The highest BCUT2D eigenvalue weighted by atomic mass is 32.2. The Morgan fingerprint density at radius 3 is 3.00 bits per heavy atom. The maximum absolute atomic E-state index is 12.7. The SMILES string of the molecule is Cc1noc(C)c1CSc1ncccc1C(=O)Nc1nc(C2CC2)cs1. The number of rotatable bonds is 6. The molecule has 26 heavy (non-hydrogen) atoms. The Balaban J connectivity index is 1.48. The van der Waals surface area contributed by atoms with Gasteiger partial charge in [0.05, 0.1) is 17.0 Å². The van der Waals surface area contributed by atoms with Gasteiger partial charge in [-0.15, -0.1) is 23.1 Å². The predicted molar refractivity (Wildman–Crippen MR) is 102 cm³/mol. The second-order valence-electron chi connectivity index (χ2n) is 6.25. The summed E-state index contributed by atoms with van der Waals surface area (Å²) in [6, 6.07) is 3.56. The summed E-state index contributed by atoms with van der Waals surface area (Å²) in [5.74, 6) is 1.85. The zero-order valence-corrected chi connectivity index (χ0v) is 16.1. The van der Waals surface area contributed by atoms with Crippen LogP contribution in [0.5, 0.6) is 0 Å². The molecule has 0 spiro atoms. The Hall–Kier alpha value is -2.19. The van der Waals surface area contributed by atoms with Crippen LogP contribution in [0.15, 0.2) is 33.3 Å². The fourth-order valence-electron chi connectivity index (χ4n) is 2.60. The lowest BCUT2D eigenvalue weighted by Crippen LogP contribution is -2.13. The molecule has 0 saturated heterocycles. The summed E-state index contributed by atoms with van der Waals surface area (Å²) in [5, 5.41) is 10.2. The monoisotopic (exact) mass is 386 g/mol. The molecule has 0 aliphatic heterocycles. The summed E-state index contributed by atoms with van der Waals surface area (Å²) in [4.78, 5) is 21.6. The van der Waals surface area contributed by atoms with E-state index in [0.29, 0.717) is 27.4 Å². The van der Waals surface area contributed by atoms with Gasteiger partial charge in [-0.1, -0.05) is 5.16 Å². The first-order chi connectivity index (χ1) is 12.6. The lowest BCUT2D eigenvalue weighted by Gasteiger charge is -2.07. The number of nitrogens with zero attached hydrogens (tertiary/aromatic N) is 3. The van der Waals surface area contributed by atoms with Gasteiger partial charge < -0.3 is 4.52 Å². The van der Waals surface area contributed by atoms with Crippen molar-refractivity contribution in [3.63, 3.8) is 0 Å². The van der Waals surface area contributed by atoms with Crippen molar-refractivity contribution in [1.29, 1.82) is 0 Å². The van der Waals surface area contributed by atoms with E-state index in [1.165, 1.54) is 35.9 Å². The van der Waals surface area contributed by atoms with Gasteiger partial charge >= 0.3 is 0 Å². The summed E-state index contributed by atoms with van der Waals surface area (Å²) < 4.78 is 5.20. The van der Waals surface area contributed by atoms with Gasteiger partial charge in [0.2, 0.25) is 0 Å². The summed E-state index contributed by atoms with van der Waals surface area (Å²) >= 11 is 2.97. The van der Waals surface area contributed by atoms with Crippen molar-refractivity contribution in [2.75, 3.05) is 5.32 Å². The zero-order chi connectivity index (χ0) is 18.1. The molecule has 1 aliphatic rings. The van der Waals surface area contributed by atoms with Crippen molar-refractivity contribution < 1.29 is 9.32 Å². The van der Waals surface area contributed by atoms with Gasteiger partial charge in [0.1, 0.15) is 10.8 Å². The molecule has 0 bridgehead atoms. The minimum absolute atomic E-state index is 0.184. The lowest BCUT2D eigenvalue weighted by molar-refractivity contribution is 0.102. The molecular weight excluding hydrogens is 368 g/mol. The predicted octanol–water partition coefficient (Wildman–Crippen LogP) is 4.56. The molecule has 0 aromatic carbocycles. The molecule has 4 rings (SSSR count). The van der Waals surface area contributed by atoms with Crippen LogP contribution in [-0.2, 0) is 5.75 Å². The van der Waals surface area contributed by atoms with Crippen molar-refractivity contribution in [3.05, 3.63) is 52.0 Å². The molecule has 0 radical (unpaired) electrons. The first kappa shape index (κ1) is 17.2. The van der Waals surface area contributed by atoms with E-state index >= 15 is 0 Å². The molecule has 134 valence electrons. The average molecular weight is 387 g/mol. The van der Waals surface area contributed by atoms with E-state index in [1.807, 2.05) is 19.2 Å². The number of aryl methyl sites for hydroxylation is 2. The first-order valence-corrected chi connectivity index (χ1v) is 10.2. The summed E-state index contributed by atoms with van der Waals surface area (Å²) in [7, 11) is 0. The van der Waals surface area contributed by atoms with Crippen LogP contribution >= 0.6 is 23.1 Å². The summed E-state index contributed by atoms with van der Waals surface area (Å²) in [6.07, 6.45) is 4.09. The van der Waals surface area contributed by atoms with Crippen LogP contribution in [0.4, 0.5) is 5.13 Å². The van der Waals surface area contributed by atoms with E-state index in [0.717, 1.165) is 22.7 Å². The van der Waals surface area contributed by atoms with E-state index in [1.54, 1.807) is 18.3 Å². The maximum atomic E-state index is 12.7. The minimum atomic E-state index is -0.184. The largest absolute Gasteiger partial charge is 0.361 e. The normalized spacial score (nSPS) is 13.8. The average Bonchev–Trinajstić information content (AvgIpc) is 3.31. The topological polar surface area (TPSA) is 80.9 Å². The van der Waals surface area contributed by atoms with Gasteiger partial charge in [-0.2, -0.15) is 0 Å². The second kappa shape index (κ2) is 7.20. The van der Waals surface area contributed by atoms with Crippen LogP contribution in [0.1, 0.15) is 51.8 Å². The number of anilines is 1. The molecule has 0 atom stereocenters. The maximum Gasteiger partial charge on any atom is 0.260 e. The lowest BCUT2D eigenvalue weighted by atomic mass is 10.2.